The summed E-state index contributed by atoms with van der Waals surface area (Å²) in [6, 6.07) is 62.1. The molecule has 49 heavy (non-hydrogen) atoms. The Morgan fingerprint density at radius 1 is 0.265 bits per heavy atom. The van der Waals surface area contributed by atoms with E-state index in [1.54, 1.807) is 0 Å². The van der Waals surface area contributed by atoms with Crippen molar-refractivity contribution >= 4 is 86.6 Å². The molecule has 0 fully saturated rings. The summed E-state index contributed by atoms with van der Waals surface area (Å²) in [5.41, 5.74) is 6.80. The van der Waals surface area contributed by atoms with E-state index in [1.165, 1.54) is 97.7 Å². The molecule has 0 spiro atoms. The van der Waals surface area contributed by atoms with Crippen molar-refractivity contribution in [2.45, 2.75) is 0 Å². The van der Waals surface area contributed by atoms with E-state index in [-0.39, 0.29) is 0 Å². The predicted molar refractivity (Wildman–Crippen MR) is 210 cm³/mol. The van der Waals surface area contributed by atoms with Gasteiger partial charge in [-0.15, -0.1) is 0 Å². The van der Waals surface area contributed by atoms with E-state index < -0.39 is 0 Å². The number of fused-ring (bicyclic) bond motifs is 12. The quantitative estimate of drug-likeness (QED) is 0.138. The van der Waals surface area contributed by atoms with Crippen LogP contribution in [-0.2, 0) is 0 Å². The first kappa shape index (κ1) is 26.6. The number of furan rings is 1. The molecule has 11 rings (SSSR count). The molecule has 0 aliphatic rings. The van der Waals surface area contributed by atoms with Gasteiger partial charge in [-0.25, -0.2) is 0 Å². The van der Waals surface area contributed by atoms with Crippen LogP contribution in [0, 0.1) is 0 Å². The van der Waals surface area contributed by atoms with Crippen molar-refractivity contribution in [3.63, 3.8) is 0 Å². The fourth-order valence-corrected chi connectivity index (χ4v) is 8.59. The number of hydrogen-bond donors (Lipinski definition) is 0. The third kappa shape index (κ3) is 3.70. The minimum Gasteiger partial charge on any atom is -0.456 e. The Bertz CT molecular complexity index is 3100. The summed E-state index contributed by atoms with van der Waals surface area (Å²) in [5.74, 6) is 0. The zero-order chi connectivity index (χ0) is 32.1. The van der Waals surface area contributed by atoms with Gasteiger partial charge in [0.2, 0.25) is 0 Å². The van der Waals surface area contributed by atoms with E-state index in [0.29, 0.717) is 0 Å². The fourth-order valence-electron chi connectivity index (χ4n) is 8.59. The van der Waals surface area contributed by atoms with Gasteiger partial charge in [0.15, 0.2) is 0 Å². The fraction of sp³-hybridized carbons (Fsp3) is 0. The molecule has 0 amide bonds. The summed E-state index contributed by atoms with van der Waals surface area (Å²) in [6.07, 6.45) is 0. The van der Waals surface area contributed by atoms with Crippen LogP contribution in [-0.4, -0.2) is 0 Å². The Morgan fingerprint density at radius 2 is 0.735 bits per heavy atom. The van der Waals surface area contributed by atoms with Gasteiger partial charge in [0.25, 0.3) is 0 Å². The molecule has 0 saturated carbocycles. The standard InChI is InChI=1S/C48H28O/c1-3-14-32-29(12-1)24-25-31-28-41(34-16-5-6-17-35(34)44(31)32)46-38-20-9-7-18-36(38)45(37-19-8-10-21-39(37)46)40-22-11-23-42-48(40)47-33-15-4-2-13-30(33)26-27-43(47)49-42/h1-28H. The SMILES string of the molecule is c1ccc2c(c1)ccc1cc(-c3c4ccccc4c(-c4cccc5oc6ccc7ccccc7c6c45)c4ccccc34)c3ccccc3c12. The van der Waals surface area contributed by atoms with E-state index in [1.807, 2.05) is 0 Å². The van der Waals surface area contributed by atoms with Crippen LogP contribution in [0.4, 0.5) is 0 Å². The number of rotatable bonds is 2. The van der Waals surface area contributed by atoms with E-state index in [4.69, 9.17) is 4.42 Å². The molecule has 0 radical (unpaired) electrons. The van der Waals surface area contributed by atoms with Gasteiger partial charge in [-0.2, -0.15) is 0 Å². The first-order valence-electron chi connectivity index (χ1n) is 16.9. The smallest absolute Gasteiger partial charge is 0.136 e. The summed E-state index contributed by atoms with van der Waals surface area (Å²) in [5, 5.41) is 17.4. The second kappa shape index (κ2) is 10.0. The second-order valence-electron chi connectivity index (χ2n) is 13.1. The van der Waals surface area contributed by atoms with Crippen molar-refractivity contribution in [1.82, 2.24) is 0 Å². The van der Waals surface area contributed by atoms with Gasteiger partial charge in [0.1, 0.15) is 11.2 Å². The van der Waals surface area contributed by atoms with Crippen LogP contribution in [0.1, 0.15) is 0 Å². The van der Waals surface area contributed by atoms with Crippen molar-refractivity contribution in [3.05, 3.63) is 170 Å². The maximum Gasteiger partial charge on any atom is 0.136 e. The van der Waals surface area contributed by atoms with Gasteiger partial charge in [-0.05, 0) is 105 Å². The molecule has 1 nitrogen and oxygen atoms in total. The summed E-state index contributed by atoms with van der Waals surface area (Å²) in [4.78, 5) is 0. The molecule has 11 aromatic rings. The normalized spacial score (nSPS) is 12.1. The molecule has 10 aromatic carbocycles. The third-order valence-electron chi connectivity index (χ3n) is 10.6. The van der Waals surface area contributed by atoms with Crippen LogP contribution in [0.2, 0.25) is 0 Å². The highest BCUT2D eigenvalue weighted by Gasteiger charge is 2.22. The molecule has 0 bridgehead atoms. The van der Waals surface area contributed by atoms with Gasteiger partial charge >= 0.3 is 0 Å². The first-order valence-corrected chi connectivity index (χ1v) is 16.9. The number of hydrogen-bond acceptors (Lipinski definition) is 1. The zero-order valence-electron chi connectivity index (χ0n) is 26.6. The van der Waals surface area contributed by atoms with Crippen molar-refractivity contribution in [2.75, 3.05) is 0 Å². The summed E-state index contributed by atoms with van der Waals surface area (Å²) in [7, 11) is 0. The molecule has 1 heterocycles. The average molecular weight is 621 g/mol. The van der Waals surface area contributed by atoms with Crippen LogP contribution in [0.3, 0.4) is 0 Å². The van der Waals surface area contributed by atoms with Gasteiger partial charge in [0.05, 0.1) is 0 Å². The van der Waals surface area contributed by atoms with Gasteiger partial charge in [-0.1, -0.05) is 152 Å². The topological polar surface area (TPSA) is 13.1 Å². The van der Waals surface area contributed by atoms with Crippen LogP contribution < -0.4 is 0 Å². The first-order chi connectivity index (χ1) is 24.3. The van der Waals surface area contributed by atoms with E-state index in [2.05, 4.69) is 170 Å². The summed E-state index contributed by atoms with van der Waals surface area (Å²) < 4.78 is 6.56. The highest BCUT2D eigenvalue weighted by Crippen LogP contribution is 2.49. The molecule has 0 aliphatic heterocycles. The minimum atomic E-state index is 0.911. The molecule has 0 N–H and O–H groups in total. The van der Waals surface area contributed by atoms with Crippen molar-refractivity contribution in [3.8, 4) is 22.3 Å². The minimum absolute atomic E-state index is 0.911. The van der Waals surface area contributed by atoms with Crippen molar-refractivity contribution < 1.29 is 4.42 Å². The maximum absolute atomic E-state index is 6.56. The van der Waals surface area contributed by atoms with E-state index in [0.717, 1.165) is 11.2 Å². The molecular weight excluding hydrogens is 593 g/mol. The third-order valence-corrected chi connectivity index (χ3v) is 10.6. The molecule has 0 unspecified atom stereocenters. The molecular formula is C48H28O. The largest absolute Gasteiger partial charge is 0.456 e. The highest BCUT2D eigenvalue weighted by atomic mass is 16.3. The average Bonchev–Trinajstić information content (AvgIpc) is 3.56. The van der Waals surface area contributed by atoms with Gasteiger partial charge < -0.3 is 4.42 Å². The monoisotopic (exact) mass is 620 g/mol. The van der Waals surface area contributed by atoms with Crippen molar-refractivity contribution in [2.24, 2.45) is 0 Å². The lowest BCUT2D eigenvalue weighted by atomic mass is 9.82. The lowest BCUT2D eigenvalue weighted by molar-refractivity contribution is 0.669. The van der Waals surface area contributed by atoms with Crippen LogP contribution in [0.5, 0.6) is 0 Å². The molecule has 1 heteroatoms. The van der Waals surface area contributed by atoms with E-state index in [9.17, 15) is 0 Å². The lowest BCUT2D eigenvalue weighted by Gasteiger charge is -2.20. The molecule has 0 atom stereocenters. The zero-order valence-corrected chi connectivity index (χ0v) is 26.6. The maximum atomic E-state index is 6.56. The van der Waals surface area contributed by atoms with Gasteiger partial charge in [0, 0.05) is 10.8 Å². The Morgan fingerprint density at radius 3 is 1.39 bits per heavy atom. The van der Waals surface area contributed by atoms with Crippen LogP contribution in [0.15, 0.2) is 174 Å². The van der Waals surface area contributed by atoms with Crippen molar-refractivity contribution in [1.29, 1.82) is 0 Å². The molecule has 0 aliphatic carbocycles. The van der Waals surface area contributed by atoms with Gasteiger partial charge in [-0.3, -0.25) is 0 Å². The second-order valence-corrected chi connectivity index (χ2v) is 13.1. The van der Waals surface area contributed by atoms with Crippen LogP contribution in [0.25, 0.3) is 109 Å². The molecule has 1 aromatic heterocycles. The summed E-state index contributed by atoms with van der Waals surface area (Å²) in [6.45, 7) is 0. The molecule has 226 valence electrons. The highest BCUT2D eigenvalue weighted by molar-refractivity contribution is 6.31. The van der Waals surface area contributed by atoms with E-state index >= 15 is 0 Å². The Labute approximate surface area is 282 Å². The number of benzene rings is 10. The molecule has 0 saturated heterocycles. The Hall–Kier alpha value is -6.44. The summed E-state index contributed by atoms with van der Waals surface area (Å²) >= 11 is 0. The Balaban J connectivity index is 1.31. The predicted octanol–water partition coefficient (Wildman–Crippen LogP) is 13.8. The van der Waals surface area contributed by atoms with Crippen LogP contribution >= 0.6 is 0 Å². The lowest BCUT2D eigenvalue weighted by Crippen LogP contribution is -1.93. The Kier molecular flexibility index (Phi) is 5.45.